The lowest BCUT2D eigenvalue weighted by Gasteiger charge is -2.02. The molecule has 0 fully saturated rings. The van der Waals surface area contributed by atoms with E-state index in [9.17, 15) is 19.3 Å². The molecule has 0 bridgehead atoms. The minimum atomic E-state index is -0.710. The Morgan fingerprint density at radius 1 is 1.22 bits per heavy atom. The van der Waals surface area contributed by atoms with E-state index in [0.717, 1.165) is 17.7 Å². The number of nitrogens with one attached hydrogen (secondary N) is 1. The van der Waals surface area contributed by atoms with Gasteiger partial charge in [-0.25, -0.2) is 9.82 Å². The molecule has 136 valence electrons. The average Bonchev–Trinajstić information content (AvgIpc) is 3.10. The molecule has 3 rings (SSSR count). The molecule has 3 aromatic rings. The van der Waals surface area contributed by atoms with Crippen molar-refractivity contribution in [2.24, 2.45) is 5.10 Å². The van der Waals surface area contributed by atoms with Crippen molar-refractivity contribution in [1.82, 2.24) is 5.43 Å². The zero-order chi connectivity index (χ0) is 19.4. The normalized spacial score (nSPS) is 10.9. The number of furan rings is 1. The fraction of sp³-hybridized carbons (Fsp3) is 0.0526. The maximum Gasteiger partial charge on any atom is 0.283 e. The summed E-state index contributed by atoms with van der Waals surface area (Å²) < 4.78 is 18.7. The highest BCUT2D eigenvalue weighted by Crippen LogP contribution is 2.31. The van der Waals surface area contributed by atoms with E-state index < -0.39 is 16.4 Å². The fourth-order valence-electron chi connectivity index (χ4n) is 2.47. The second-order valence-electron chi connectivity index (χ2n) is 5.63. The van der Waals surface area contributed by atoms with E-state index in [4.69, 9.17) is 4.42 Å². The van der Waals surface area contributed by atoms with E-state index in [1.807, 2.05) is 19.1 Å². The first kappa shape index (κ1) is 18.0. The lowest BCUT2D eigenvalue weighted by atomic mass is 10.1. The number of rotatable bonds is 5. The van der Waals surface area contributed by atoms with Gasteiger partial charge in [-0.3, -0.25) is 14.9 Å². The molecule has 0 aliphatic rings. The Hall–Kier alpha value is -3.81. The molecular formula is C19H14FN3O4. The van der Waals surface area contributed by atoms with Gasteiger partial charge in [0.2, 0.25) is 0 Å². The van der Waals surface area contributed by atoms with Gasteiger partial charge >= 0.3 is 0 Å². The monoisotopic (exact) mass is 367 g/mol. The van der Waals surface area contributed by atoms with Crippen molar-refractivity contribution in [2.75, 3.05) is 0 Å². The number of halogens is 1. The molecule has 2 aromatic carbocycles. The largest absolute Gasteiger partial charge is 0.455 e. The van der Waals surface area contributed by atoms with Crippen LogP contribution in [0.15, 0.2) is 64.1 Å². The molecule has 0 aliphatic carbocycles. The zero-order valence-electron chi connectivity index (χ0n) is 14.2. The summed E-state index contributed by atoms with van der Waals surface area (Å²) in [5.74, 6) is -0.620. The number of benzene rings is 2. The molecule has 7 nitrogen and oxygen atoms in total. The molecule has 1 N–H and O–H groups in total. The Balaban J connectivity index is 1.75. The second-order valence-corrected chi connectivity index (χ2v) is 5.63. The molecule has 1 aromatic heterocycles. The van der Waals surface area contributed by atoms with E-state index in [1.54, 1.807) is 12.1 Å². The van der Waals surface area contributed by atoms with Crippen molar-refractivity contribution in [1.29, 1.82) is 0 Å². The highest BCUT2D eigenvalue weighted by molar-refractivity contribution is 5.96. The standard InChI is InChI=1S/C19H14FN3O4/c1-12-4-2-3-5-15(12)19(24)22-21-11-14-7-9-18(27-14)16-8-6-13(20)10-17(16)23(25)26/h2-11H,1H3,(H,22,24)/b21-11-. The number of nitro benzene ring substituents is 1. The number of carbonyl (C=O) groups is 1. The van der Waals surface area contributed by atoms with Crippen LogP contribution in [0.5, 0.6) is 0 Å². The van der Waals surface area contributed by atoms with Crippen LogP contribution in [0.3, 0.4) is 0 Å². The minimum Gasteiger partial charge on any atom is -0.455 e. The van der Waals surface area contributed by atoms with E-state index in [1.165, 1.54) is 24.4 Å². The first-order valence-corrected chi connectivity index (χ1v) is 7.89. The topological polar surface area (TPSA) is 97.7 Å². The molecule has 0 unspecified atom stereocenters. The third-order valence-corrected chi connectivity index (χ3v) is 3.80. The highest BCUT2D eigenvalue weighted by atomic mass is 19.1. The maximum absolute atomic E-state index is 13.2. The van der Waals surface area contributed by atoms with Gasteiger partial charge in [-0.05, 0) is 42.8 Å². The first-order valence-electron chi connectivity index (χ1n) is 7.89. The number of hydrazone groups is 1. The van der Waals surface area contributed by atoms with Gasteiger partial charge in [0.15, 0.2) is 0 Å². The summed E-state index contributed by atoms with van der Waals surface area (Å²) in [4.78, 5) is 22.5. The molecule has 0 aliphatic heterocycles. The van der Waals surface area contributed by atoms with E-state index in [0.29, 0.717) is 5.56 Å². The molecule has 0 saturated heterocycles. The van der Waals surface area contributed by atoms with Crippen molar-refractivity contribution < 1.29 is 18.5 Å². The lowest BCUT2D eigenvalue weighted by Crippen LogP contribution is -2.18. The quantitative estimate of drug-likeness (QED) is 0.417. The number of nitrogens with zero attached hydrogens (tertiary/aromatic N) is 2. The molecule has 0 radical (unpaired) electrons. The lowest BCUT2D eigenvalue weighted by molar-refractivity contribution is -0.384. The predicted molar refractivity (Wildman–Crippen MR) is 97.0 cm³/mol. The number of aryl methyl sites for hydroxylation is 1. The number of hydrogen-bond acceptors (Lipinski definition) is 5. The van der Waals surface area contributed by atoms with Gasteiger partial charge in [0.1, 0.15) is 17.3 Å². The van der Waals surface area contributed by atoms with Gasteiger partial charge in [-0.15, -0.1) is 0 Å². The molecule has 27 heavy (non-hydrogen) atoms. The maximum atomic E-state index is 13.2. The van der Waals surface area contributed by atoms with Gasteiger partial charge in [0, 0.05) is 5.56 Å². The highest BCUT2D eigenvalue weighted by Gasteiger charge is 2.19. The first-order chi connectivity index (χ1) is 13.0. The van der Waals surface area contributed by atoms with Crippen LogP contribution in [0.1, 0.15) is 21.7 Å². The summed E-state index contributed by atoms with van der Waals surface area (Å²) in [5, 5.41) is 14.9. The van der Waals surface area contributed by atoms with Crippen LogP contribution in [0.25, 0.3) is 11.3 Å². The Morgan fingerprint density at radius 2 is 2.00 bits per heavy atom. The Kier molecular flexibility index (Phi) is 5.07. The zero-order valence-corrected chi connectivity index (χ0v) is 14.2. The summed E-state index contributed by atoms with van der Waals surface area (Å²) in [6.07, 6.45) is 1.27. The van der Waals surface area contributed by atoms with Crippen LogP contribution in [0, 0.1) is 22.9 Å². The van der Waals surface area contributed by atoms with Gasteiger partial charge in [-0.1, -0.05) is 18.2 Å². The molecular weight excluding hydrogens is 353 g/mol. The van der Waals surface area contributed by atoms with E-state index >= 15 is 0 Å². The predicted octanol–water partition coefficient (Wildman–Crippen LogP) is 4.07. The number of amides is 1. The van der Waals surface area contributed by atoms with E-state index in [-0.39, 0.29) is 23.0 Å². The van der Waals surface area contributed by atoms with Gasteiger partial charge in [0.25, 0.3) is 11.6 Å². The summed E-state index contributed by atoms with van der Waals surface area (Å²) in [6.45, 7) is 1.81. The smallest absolute Gasteiger partial charge is 0.283 e. The molecule has 0 saturated carbocycles. The molecule has 0 atom stereocenters. The van der Waals surface area contributed by atoms with Crippen LogP contribution in [0.2, 0.25) is 0 Å². The van der Waals surface area contributed by atoms with Crippen molar-refractivity contribution in [3.8, 4) is 11.3 Å². The fourth-order valence-corrected chi connectivity index (χ4v) is 2.47. The average molecular weight is 367 g/mol. The van der Waals surface area contributed by atoms with E-state index in [2.05, 4.69) is 10.5 Å². The van der Waals surface area contributed by atoms with Crippen LogP contribution >= 0.6 is 0 Å². The van der Waals surface area contributed by atoms with Gasteiger partial charge in [0.05, 0.1) is 22.8 Å². The summed E-state index contributed by atoms with van der Waals surface area (Å²) in [5.41, 5.74) is 3.44. The number of nitro groups is 1. The Labute approximate surface area is 153 Å². The van der Waals surface area contributed by atoms with Crippen molar-refractivity contribution >= 4 is 17.8 Å². The van der Waals surface area contributed by atoms with Crippen LogP contribution in [-0.2, 0) is 0 Å². The number of hydrogen-bond donors (Lipinski definition) is 1. The van der Waals surface area contributed by atoms with Crippen LogP contribution in [0.4, 0.5) is 10.1 Å². The van der Waals surface area contributed by atoms with Crippen molar-refractivity contribution in [3.63, 3.8) is 0 Å². The Morgan fingerprint density at radius 3 is 2.74 bits per heavy atom. The Bertz CT molecular complexity index is 1040. The second kappa shape index (κ2) is 7.61. The summed E-state index contributed by atoms with van der Waals surface area (Å²) >= 11 is 0. The van der Waals surface area contributed by atoms with Gasteiger partial charge < -0.3 is 4.42 Å². The van der Waals surface area contributed by atoms with Crippen LogP contribution in [-0.4, -0.2) is 17.0 Å². The van der Waals surface area contributed by atoms with Crippen molar-refractivity contribution in [3.05, 3.63) is 87.4 Å². The summed E-state index contributed by atoms with van der Waals surface area (Å²) in [6, 6.07) is 13.3. The molecule has 1 heterocycles. The van der Waals surface area contributed by atoms with Crippen molar-refractivity contribution in [2.45, 2.75) is 6.92 Å². The third kappa shape index (κ3) is 4.06. The SMILES string of the molecule is Cc1ccccc1C(=O)N/N=C\c1ccc(-c2ccc(F)cc2[N+](=O)[O-])o1. The molecule has 0 spiro atoms. The van der Waals surface area contributed by atoms with Crippen LogP contribution < -0.4 is 5.43 Å². The number of carbonyl (C=O) groups excluding carboxylic acids is 1. The molecule has 8 heteroatoms. The molecule has 1 amide bonds. The minimum absolute atomic E-state index is 0.144. The van der Waals surface area contributed by atoms with Gasteiger partial charge in [-0.2, -0.15) is 5.10 Å². The third-order valence-electron chi connectivity index (χ3n) is 3.80. The summed E-state index contributed by atoms with van der Waals surface area (Å²) in [7, 11) is 0.